The molecule has 1 heterocycles. The van der Waals surface area contributed by atoms with E-state index in [0.717, 1.165) is 11.8 Å². The average molecular weight is 334 g/mol. The van der Waals surface area contributed by atoms with Crippen LogP contribution in [0.25, 0.3) is 0 Å². The summed E-state index contributed by atoms with van der Waals surface area (Å²) in [5, 5.41) is 29.9. The molecule has 0 saturated carbocycles. The smallest absolute Gasteiger partial charge is 0.288 e. The Hall–Kier alpha value is -2.68. The van der Waals surface area contributed by atoms with Crippen LogP contribution < -0.4 is 11.5 Å². The average Bonchev–Trinajstić information content (AvgIpc) is 2.47. The van der Waals surface area contributed by atoms with Gasteiger partial charge >= 0.3 is 0 Å². The van der Waals surface area contributed by atoms with E-state index in [0.29, 0.717) is 5.56 Å². The fourth-order valence-corrected chi connectivity index (χ4v) is 3.05. The van der Waals surface area contributed by atoms with Crippen molar-refractivity contribution in [2.45, 2.75) is 5.92 Å². The number of nitriles is 2. The molecule has 2 rings (SSSR count). The van der Waals surface area contributed by atoms with Gasteiger partial charge in [0.2, 0.25) is 0 Å². The van der Waals surface area contributed by atoms with E-state index >= 15 is 0 Å². The summed E-state index contributed by atoms with van der Waals surface area (Å²) < 4.78 is 0. The zero-order valence-corrected chi connectivity index (χ0v) is 12.5. The first-order chi connectivity index (χ1) is 10.4. The first-order valence-corrected chi connectivity index (χ1v) is 7.01. The zero-order chi connectivity index (χ0) is 16.4. The molecule has 1 aliphatic heterocycles. The predicted octanol–water partition coefficient (Wildman–Crippen LogP) is 2.47. The van der Waals surface area contributed by atoms with Gasteiger partial charge in [-0.3, -0.25) is 10.1 Å². The lowest BCUT2D eigenvalue weighted by Gasteiger charge is -2.23. The standard InChI is InChI=1S/C13H8ClN5O2S/c14-9-2-1-6(3-10(9)19(20)21)11-7(4-15)12(17)22-13(18)8(11)5-16/h1-3,11H,17-18H2. The number of nitro groups is 1. The SMILES string of the molecule is N#CC1=C(N)SC(N)=C(C#N)C1c1ccc(Cl)c([N+](=O)[O-])c1. The third-order valence-electron chi connectivity index (χ3n) is 3.07. The van der Waals surface area contributed by atoms with Gasteiger partial charge in [-0.15, -0.1) is 0 Å². The van der Waals surface area contributed by atoms with E-state index < -0.39 is 10.8 Å². The maximum absolute atomic E-state index is 11.0. The zero-order valence-electron chi connectivity index (χ0n) is 10.9. The summed E-state index contributed by atoms with van der Waals surface area (Å²) in [6.45, 7) is 0. The molecule has 0 atom stereocenters. The van der Waals surface area contributed by atoms with Gasteiger partial charge in [-0.1, -0.05) is 29.4 Å². The lowest BCUT2D eigenvalue weighted by Crippen LogP contribution is -2.18. The second-order valence-electron chi connectivity index (χ2n) is 4.28. The van der Waals surface area contributed by atoms with Crippen molar-refractivity contribution in [2.75, 3.05) is 0 Å². The van der Waals surface area contributed by atoms with Crippen molar-refractivity contribution >= 4 is 29.1 Å². The van der Waals surface area contributed by atoms with E-state index in [1.807, 2.05) is 12.1 Å². The maximum Gasteiger partial charge on any atom is 0.288 e. The Kier molecular flexibility index (Phi) is 4.27. The summed E-state index contributed by atoms with van der Waals surface area (Å²) in [6, 6.07) is 7.95. The van der Waals surface area contributed by atoms with Gasteiger partial charge in [-0.05, 0) is 11.6 Å². The highest BCUT2D eigenvalue weighted by Crippen LogP contribution is 2.44. The third-order valence-corrected chi connectivity index (χ3v) is 4.27. The quantitative estimate of drug-likeness (QED) is 0.624. The maximum atomic E-state index is 11.0. The number of nitrogens with zero attached hydrogens (tertiary/aromatic N) is 3. The molecule has 0 unspecified atom stereocenters. The van der Waals surface area contributed by atoms with Crippen molar-refractivity contribution in [2.24, 2.45) is 11.5 Å². The molecular weight excluding hydrogens is 326 g/mol. The third kappa shape index (κ3) is 2.58. The van der Waals surface area contributed by atoms with Crippen LogP contribution in [-0.2, 0) is 0 Å². The molecule has 0 spiro atoms. The monoisotopic (exact) mass is 333 g/mol. The van der Waals surface area contributed by atoms with Crippen LogP contribution >= 0.6 is 23.4 Å². The predicted molar refractivity (Wildman–Crippen MR) is 82.1 cm³/mol. The topological polar surface area (TPSA) is 143 Å². The van der Waals surface area contributed by atoms with Crippen molar-refractivity contribution in [3.05, 3.63) is 60.1 Å². The highest BCUT2D eigenvalue weighted by atomic mass is 35.5. The lowest BCUT2D eigenvalue weighted by atomic mass is 9.85. The molecule has 0 fully saturated rings. The number of hydrogen-bond donors (Lipinski definition) is 2. The minimum absolute atomic E-state index is 0.0372. The fraction of sp³-hybridized carbons (Fsp3) is 0.0769. The van der Waals surface area contributed by atoms with E-state index in [1.165, 1.54) is 18.2 Å². The largest absolute Gasteiger partial charge is 0.392 e. The van der Waals surface area contributed by atoms with Gasteiger partial charge in [-0.25, -0.2) is 0 Å². The Morgan fingerprint density at radius 2 is 1.77 bits per heavy atom. The summed E-state index contributed by atoms with van der Waals surface area (Å²) in [7, 11) is 0. The van der Waals surface area contributed by atoms with Gasteiger partial charge in [0.1, 0.15) is 5.02 Å². The molecule has 0 bridgehead atoms. The summed E-state index contributed by atoms with van der Waals surface area (Å²) in [5.41, 5.74) is 11.9. The summed E-state index contributed by atoms with van der Waals surface area (Å²) in [5.74, 6) is -0.841. The fourth-order valence-electron chi connectivity index (χ4n) is 2.08. The van der Waals surface area contributed by atoms with Crippen molar-refractivity contribution in [3.8, 4) is 12.1 Å². The van der Waals surface area contributed by atoms with Gasteiger partial charge in [-0.2, -0.15) is 10.5 Å². The summed E-state index contributed by atoms with van der Waals surface area (Å²) in [6.07, 6.45) is 0. The molecule has 1 aromatic rings. The van der Waals surface area contributed by atoms with Crippen molar-refractivity contribution in [3.63, 3.8) is 0 Å². The van der Waals surface area contributed by atoms with E-state index in [1.54, 1.807) is 0 Å². The Morgan fingerprint density at radius 3 is 2.23 bits per heavy atom. The van der Waals surface area contributed by atoms with Crippen molar-refractivity contribution in [1.29, 1.82) is 10.5 Å². The number of nitro benzene ring substituents is 1. The molecule has 9 heteroatoms. The van der Waals surface area contributed by atoms with E-state index in [4.69, 9.17) is 23.1 Å². The number of benzene rings is 1. The molecule has 0 aliphatic carbocycles. The normalized spacial score (nSPS) is 15.4. The number of hydrogen-bond acceptors (Lipinski definition) is 7. The highest BCUT2D eigenvalue weighted by Gasteiger charge is 2.32. The second-order valence-corrected chi connectivity index (χ2v) is 5.77. The number of rotatable bonds is 2. The molecular formula is C13H8ClN5O2S. The minimum Gasteiger partial charge on any atom is -0.392 e. The van der Waals surface area contributed by atoms with Crippen LogP contribution in [0.15, 0.2) is 39.4 Å². The number of nitrogens with two attached hydrogens (primary N) is 2. The molecule has 0 aromatic heterocycles. The van der Waals surface area contributed by atoms with E-state index in [2.05, 4.69) is 0 Å². The van der Waals surface area contributed by atoms with E-state index in [-0.39, 0.29) is 31.9 Å². The molecule has 0 saturated heterocycles. The molecule has 0 amide bonds. The first-order valence-electron chi connectivity index (χ1n) is 5.81. The molecule has 22 heavy (non-hydrogen) atoms. The summed E-state index contributed by atoms with van der Waals surface area (Å²) >= 11 is 6.71. The number of allylic oxidation sites excluding steroid dienone is 2. The van der Waals surface area contributed by atoms with Crippen LogP contribution in [0, 0.1) is 32.8 Å². The van der Waals surface area contributed by atoms with E-state index in [9.17, 15) is 20.6 Å². The van der Waals surface area contributed by atoms with Crippen LogP contribution in [0.5, 0.6) is 0 Å². The van der Waals surface area contributed by atoms with Crippen LogP contribution in [0.2, 0.25) is 5.02 Å². The first kappa shape index (κ1) is 15.7. The Labute approximate surface area is 134 Å². The lowest BCUT2D eigenvalue weighted by molar-refractivity contribution is -0.384. The van der Waals surface area contributed by atoms with Crippen molar-refractivity contribution in [1.82, 2.24) is 0 Å². The van der Waals surface area contributed by atoms with Crippen LogP contribution in [-0.4, -0.2) is 4.92 Å². The summed E-state index contributed by atoms with van der Waals surface area (Å²) in [4.78, 5) is 10.4. The highest BCUT2D eigenvalue weighted by molar-refractivity contribution is 8.06. The molecule has 110 valence electrons. The second kappa shape index (κ2) is 5.98. The molecule has 4 N–H and O–H groups in total. The van der Waals surface area contributed by atoms with Gasteiger partial charge in [0.05, 0.1) is 44.2 Å². The molecule has 7 nitrogen and oxygen atoms in total. The van der Waals surface area contributed by atoms with Crippen LogP contribution in [0.4, 0.5) is 5.69 Å². The number of thioether (sulfide) groups is 1. The van der Waals surface area contributed by atoms with Gasteiger partial charge in [0.15, 0.2) is 0 Å². The molecule has 1 aliphatic rings. The Morgan fingerprint density at radius 1 is 1.23 bits per heavy atom. The van der Waals surface area contributed by atoms with Gasteiger partial charge in [0.25, 0.3) is 5.69 Å². The Bertz CT molecular complexity index is 783. The number of halogens is 1. The van der Waals surface area contributed by atoms with Gasteiger partial charge in [0, 0.05) is 6.07 Å². The molecule has 1 aromatic carbocycles. The molecule has 0 radical (unpaired) electrons. The van der Waals surface area contributed by atoms with Crippen LogP contribution in [0.1, 0.15) is 11.5 Å². The van der Waals surface area contributed by atoms with Crippen molar-refractivity contribution < 1.29 is 4.92 Å². The van der Waals surface area contributed by atoms with Crippen LogP contribution in [0.3, 0.4) is 0 Å². The minimum atomic E-state index is -0.841. The Balaban J connectivity index is 2.69. The van der Waals surface area contributed by atoms with Gasteiger partial charge < -0.3 is 11.5 Å².